The quantitative estimate of drug-likeness (QED) is 0.807. The Morgan fingerprint density at radius 3 is 2.58 bits per heavy atom. The molecule has 0 fully saturated rings. The summed E-state index contributed by atoms with van der Waals surface area (Å²) >= 11 is 1.71. The molecule has 2 N–H and O–H groups in total. The first kappa shape index (κ1) is 16.1. The normalized spacial score (nSPS) is 13.1. The Labute approximate surface area is 119 Å². The number of aliphatic hydroxyl groups is 1. The molecule has 3 nitrogen and oxygen atoms in total. The van der Waals surface area contributed by atoms with Gasteiger partial charge in [-0.1, -0.05) is 39.0 Å². The molecule has 0 saturated heterocycles. The SMILES string of the molecule is CC(CO)CSCC(C)(C)C(=O)Nc1ccccc1. The molecule has 19 heavy (non-hydrogen) atoms. The van der Waals surface area contributed by atoms with Gasteiger partial charge in [0, 0.05) is 18.0 Å². The van der Waals surface area contributed by atoms with Crippen LogP contribution in [0.25, 0.3) is 0 Å². The summed E-state index contributed by atoms with van der Waals surface area (Å²) < 4.78 is 0. The molecular formula is C15H23NO2S. The Kier molecular flexibility index (Phi) is 6.38. The Morgan fingerprint density at radius 2 is 2.00 bits per heavy atom. The zero-order valence-electron chi connectivity index (χ0n) is 11.8. The van der Waals surface area contributed by atoms with Crippen molar-refractivity contribution < 1.29 is 9.90 Å². The molecule has 1 atom stereocenters. The lowest BCUT2D eigenvalue weighted by molar-refractivity contribution is -0.122. The second-order valence-electron chi connectivity index (χ2n) is 5.51. The summed E-state index contributed by atoms with van der Waals surface area (Å²) in [7, 11) is 0. The van der Waals surface area contributed by atoms with Crippen molar-refractivity contribution in [1.82, 2.24) is 0 Å². The van der Waals surface area contributed by atoms with Crippen LogP contribution in [-0.4, -0.2) is 29.1 Å². The van der Waals surface area contributed by atoms with E-state index in [2.05, 4.69) is 5.32 Å². The van der Waals surface area contributed by atoms with E-state index in [1.807, 2.05) is 51.1 Å². The van der Waals surface area contributed by atoms with Crippen LogP contribution in [0.2, 0.25) is 0 Å². The molecule has 0 bridgehead atoms. The maximum atomic E-state index is 12.2. The number of anilines is 1. The molecule has 0 saturated carbocycles. The van der Waals surface area contributed by atoms with Gasteiger partial charge in [0.1, 0.15) is 0 Å². The summed E-state index contributed by atoms with van der Waals surface area (Å²) in [5.74, 6) is 1.93. The van der Waals surface area contributed by atoms with Gasteiger partial charge in [0.05, 0.1) is 5.41 Å². The van der Waals surface area contributed by atoms with Gasteiger partial charge < -0.3 is 10.4 Å². The van der Waals surface area contributed by atoms with E-state index < -0.39 is 5.41 Å². The summed E-state index contributed by atoms with van der Waals surface area (Å²) in [6.07, 6.45) is 0. The molecule has 1 amide bonds. The average Bonchev–Trinajstić information content (AvgIpc) is 2.39. The Bertz CT molecular complexity index is 392. The van der Waals surface area contributed by atoms with Crippen LogP contribution in [0.3, 0.4) is 0 Å². The first-order valence-corrected chi connectivity index (χ1v) is 7.66. The van der Waals surface area contributed by atoms with Crippen molar-refractivity contribution >= 4 is 23.4 Å². The fraction of sp³-hybridized carbons (Fsp3) is 0.533. The van der Waals surface area contributed by atoms with Crippen LogP contribution < -0.4 is 5.32 Å². The summed E-state index contributed by atoms with van der Waals surface area (Å²) in [4.78, 5) is 12.2. The number of hydrogen-bond acceptors (Lipinski definition) is 3. The monoisotopic (exact) mass is 281 g/mol. The second kappa shape index (κ2) is 7.56. The molecule has 0 heterocycles. The molecule has 0 aliphatic heterocycles. The lowest BCUT2D eigenvalue weighted by atomic mass is 9.95. The number of hydrogen-bond donors (Lipinski definition) is 2. The van der Waals surface area contributed by atoms with Crippen molar-refractivity contribution in [3.8, 4) is 0 Å². The predicted octanol–water partition coefficient (Wildman–Crippen LogP) is 3.01. The second-order valence-corrected chi connectivity index (χ2v) is 6.54. The van der Waals surface area contributed by atoms with Gasteiger partial charge in [-0.15, -0.1) is 0 Å². The third kappa shape index (κ3) is 5.66. The van der Waals surface area contributed by atoms with Gasteiger partial charge in [0.2, 0.25) is 5.91 Å². The summed E-state index contributed by atoms with van der Waals surface area (Å²) in [5, 5.41) is 11.9. The first-order valence-electron chi connectivity index (χ1n) is 6.51. The van der Waals surface area contributed by atoms with Crippen LogP contribution in [0.4, 0.5) is 5.69 Å². The molecule has 0 spiro atoms. The first-order chi connectivity index (χ1) is 8.95. The van der Waals surface area contributed by atoms with Gasteiger partial charge in [-0.2, -0.15) is 11.8 Å². The molecule has 1 aromatic rings. The van der Waals surface area contributed by atoms with Crippen LogP contribution in [0.15, 0.2) is 30.3 Å². The number of rotatable bonds is 7. The van der Waals surface area contributed by atoms with Gasteiger partial charge in [-0.3, -0.25) is 4.79 Å². The highest BCUT2D eigenvalue weighted by atomic mass is 32.2. The van der Waals surface area contributed by atoms with Crippen LogP contribution in [0.1, 0.15) is 20.8 Å². The molecule has 106 valence electrons. The fourth-order valence-electron chi connectivity index (χ4n) is 1.46. The predicted molar refractivity (Wildman–Crippen MR) is 82.4 cm³/mol. The third-order valence-electron chi connectivity index (χ3n) is 2.82. The van der Waals surface area contributed by atoms with Crippen LogP contribution in [-0.2, 0) is 4.79 Å². The molecule has 1 unspecified atom stereocenters. The topological polar surface area (TPSA) is 49.3 Å². The maximum absolute atomic E-state index is 12.2. The number of aliphatic hydroxyl groups excluding tert-OH is 1. The summed E-state index contributed by atoms with van der Waals surface area (Å²) in [5.41, 5.74) is 0.407. The van der Waals surface area contributed by atoms with Gasteiger partial charge in [-0.25, -0.2) is 0 Å². The highest BCUT2D eigenvalue weighted by Gasteiger charge is 2.27. The molecule has 0 aliphatic rings. The largest absolute Gasteiger partial charge is 0.396 e. The number of benzene rings is 1. The number of para-hydroxylation sites is 1. The van der Waals surface area contributed by atoms with Crippen molar-refractivity contribution in [2.45, 2.75) is 20.8 Å². The van der Waals surface area contributed by atoms with Crippen LogP contribution in [0, 0.1) is 11.3 Å². The maximum Gasteiger partial charge on any atom is 0.230 e. The molecule has 0 radical (unpaired) electrons. The summed E-state index contributed by atoms with van der Waals surface area (Å²) in [6, 6.07) is 9.50. The van der Waals surface area contributed by atoms with Crippen molar-refractivity contribution in [3.63, 3.8) is 0 Å². The molecule has 4 heteroatoms. The van der Waals surface area contributed by atoms with E-state index in [4.69, 9.17) is 5.11 Å². The van der Waals surface area contributed by atoms with Crippen molar-refractivity contribution in [2.24, 2.45) is 11.3 Å². The lowest BCUT2D eigenvalue weighted by Gasteiger charge is -2.23. The minimum Gasteiger partial charge on any atom is -0.396 e. The van der Waals surface area contributed by atoms with E-state index >= 15 is 0 Å². The average molecular weight is 281 g/mol. The third-order valence-corrected chi connectivity index (χ3v) is 4.55. The van der Waals surface area contributed by atoms with Gasteiger partial charge >= 0.3 is 0 Å². The number of thioether (sulfide) groups is 1. The number of carbonyl (C=O) groups is 1. The molecule has 0 aromatic heterocycles. The van der Waals surface area contributed by atoms with Gasteiger partial charge in [0.25, 0.3) is 0 Å². The minimum absolute atomic E-state index is 0.0304. The molecule has 1 rings (SSSR count). The van der Waals surface area contributed by atoms with Crippen molar-refractivity contribution in [2.75, 3.05) is 23.4 Å². The van der Waals surface area contributed by atoms with Crippen molar-refractivity contribution in [3.05, 3.63) is 30.3 Å². The molecular weight excluding hydrogens is 258 g/mol. The van der Waals surface area contributed by atoms with Crippen LogP contribution in [0.5, 0.6) is 0 Å². The fourth-order valence-corrected chi connectivity index (χ4v) is 2.72. The van der Waals surface area contributed by atoms with Gasteiger partial charge in [0.15, 0.2) is 0 Å². The highest BCUT2D eigenvalue weighted by molar-refractivity contribution is 7.99. The van der Waals surface area contributed by atoms with E-state index in [9.17, 15) is 4.79 Å². The molecule has 0 aliphatic carbocycles. The zero-order chi connectivity index (χ0) is 14.3. The van der Waals surface area contributed by atoms with E-state index in [0.29, 0.717) is 0 Å². The number of amides is 1. The Hall–Kier alpha value is -1.00. The van der Waals surface area contributed by atoms with E-state index in [-0.39, 0.29) is 18.4 Å². The standard InChI is InChI=1S/C15H23NO2S/c1-12(9-17)10-19-11-15(2,3)14(18)16-13-7-5-4-6-8-13/h4-8,12,17H,9-11H2,1-3H3,(H,16,18). The zero-order valence-corrected chi connectivity index (χ0v) is 12.7. The highest BCUT2D eigenvalue weighted by Crippen LogP contribution is 2.25. The minimum atomic E-state index is -0.421. The smallest absolute Gasteiger partial charge is 0.230 e. The lowest BCUT2D eigenvalue weighted by Crippen LogP contribution is -2.33. The Balaban J connectivity index is 2.45. The Morgan fingerprint density at radius 1 is 1.37 bits per heavy atom. The number of nitrogens with one attached hydrogen (secondary N) is 1. The van der Waals surface area contributed by atoms with E-state index in [1.165, 1.54) is 0 Å². The number of carbonyl (C=O) groups excluding carboxylic acids is 1. The molecule has 1 aromatic carbocycles. The van der Waals surface area contributed by atoms with Gasteiger partial charge in [-0.05, 0) is 23.8 Å². The van der Waals surface area contributed by atoms with Crippen molar-refractivity contribution in [1.29, 1.82) is 0 Å². The summed E-state index contributed by atoms with van der Waals surface area (Å²) in [6.45, 7) is 6.09. The van der Waals surface area contributed by atoms with E-state index in [0.717, 1.165) is 17.2 Å². The van der Waals surface area contributed by atoms with Crippen LogP contribution >= 0.6 is 11.8 Å². The van der Waals surface area contributed by atoms with E-state index in [1.54, 1.807) is 11.8 Å².